The van der Waals surface area contributed by atoms with Gasteiger partial charge in [-0.2, -0.15) is 4.31 Å². The zero-order valence-electron chi connectivity index (χ0n) is 19.2. The molecule has 8 nitrogen and oxygen atoms in total. The Hall–Kier alpha value is -1.18. The second-order valence-electron chi connectivity index (χ2n) is 8.05. The van der Waals surface area contributed by atoms with Gasteiger partial charge in [0.1, 0.15) is 21.5 Å². The topological polar surface area (TPSA) is 83.0 Å². The Bertz CT molecular complexity index is 1310. The molecule has 0 spiro atoms. The standard InChI is InChI=1S/C21H24Cl2N4O4S3.ClH/c1-25(2)11-12-26(21-24-18-15(31-3)7-6-13(22)19(18)33-21)20(28)14-5-4-10-27(14)34(29,30)17-9-8-16(23)32-17;/h6-9,14H,4-5,10-12H2,1-3H3;1H. The molecule has 0 aliphatic carbocycles. The number of likely N-dealkylation sites (N-methyl/N-ethyl adjacent to an activating group) is 1. The van der Waals surface area contributed by atoms with E-state index >= 15 is 0 Å². The van der Waals surface area contributed by atoms with Gasteiger partial charge in [0.2, 0.25) is 5.91 Å². The predicted molar refractivity (Wildman–Crippen MR) is 146 cm³/mol. The van der Waals surface area contributed by atoms with Crippen molar-refractivity contribution in [3.05, 3.63) is 33.6 Å². The maximum absolute atomic E-state index is 13.8. The van der Waals surface area contributed by atoms with E-state index < -0.39 is 16.1 Å². The number of rotatable bonds is 8. The molecule has 1 aliphatic rings. The molecule has 1 aliphatic heterocycles. The molecule has 2 aromatic heterocycles. The maximum atomic E-state index is 13.8. The summed E-state index contributed by atoms with van der Waals surface area (Å²) < 4.78 is 34.6. The quantitative estimate of drug-likeness (QED) is 0.368. The van der Waals surface area contributed by atoms with Crippen LogP contribution in [0.5, 0.6) is 5.75 Å². The zero-order chi connectivity index (χ0) is 24.6. The van der Waals surface area contributed by atoms with E-state index in [1.54, 1.807) is 30.2 Å². The minimum absolute atomic E-state index is 0. The average molecular weight is 600 g/mol. The second-order valence-corrected chi connectivity index (χ2v) is 13.3. The van der Waals surface area contributed by atoms with Crippen molar-refractivity contribution in [1.29, 1.82) is 0 Å². The van der Waals surface area contributed by atoms with Crippen LogP contribution in [0, 0.1) is 0 Å². The first-order valence-corrected chi connectivity index (χ1v) is 14.3. The maximum Gasteiger partial charge on any atom is 0.253 e. The van der Waals surface area contributed by atoms with Gasteiger partial charge >= 0.3 is 0 Å². The van der Waals surface area contributed by atoms with Crippen LogP contribution in [0.2, 0.25) is 9.36 Å². The molecule has 1 atom stereocenters. The summed E-state index contributed by atoms with van der Waals surface area (Å²) in [5.74, 6) is 0.251. The number of sulfonamides is 1. The number of methoxy groups -OCH3 is 1. The molecule has 192 valence electrons. The van der Waals surface area contributed by atoms with Crippen LogP contribution in [-0.4, -0.2) is 75.4 Å². The molecule has 0 radical (unpaired) electrons. The number of aromatic nitrogens is 1. The van der Waals surface area contributed by atoms with E-state index in [9.17, 15) is 13.2 Å². The van der Waals surface area contributed by atoms with Crippen molar-refractivity contribution in [3.8, 4) is 5.75 Å². The number of hydrogen-bond acceptors (Lipinski definition) is 8. The summed E-state index contributed by atoms with van der Waals surface area (Å²) in [6.07, 6.45) is 1.03. The molecule has 1 fully saturated rings. The number of hydrogen-bond donors (Lipinski definition) is 0. The van der Waals surface area contributed by atoms with Gasteiger partial charge in [-0.3, -0.25) is 9.69 Å². The Labute approximate surface area is 228 Å². The number of thiazole rings is 1. The highest BCUT2D eigenvalue weighted by molar-refractivity contribution is 7.91. The van der Waals surface area contributed by atoms with Gasteiger partial charge in [0, 0.05) is 19.6 Å². The van der Waals surface area contributed by atoms with E-state index in [1.165, 1.54) is 21.7 Å². The predicted octanol–water partition coefficient (Wildman–Crippen LogP) is 4.84. The fourth-order valence-electron chi connectivity index (χ4n) is 3.83. The summed E-state index contributed by atoms with van der Waals surface area (Å²) in [5.41, 5.74) is 0.571. The van der Waals surface area contributed by atoms with Crippen LogP contribution in [0.15, 0.2) is 28.5 Å². The molecule has 1 amide bonds. The van der Waals surface area contributed by atoms with Crippen molar-refractivity contribution in [2.24, 2.45) is 0 Å². The largest absolute Gasteiger partial charge is 0.494 e. The van der Waals surface area contributed by atoms with Crippen molar-refractivity contribution < 1.29 is 17.9 Å². The molecule has 35 heavy (non-hydrogen) atoms. The monoisotopic (exact) mass is 598 g/mol. The summed E-state index contributed by atoms with van der Waals surface area (Å²) in [6, 6.07) is 5.67. The highest BCUT2D eigenvalue weighted by atomic mass is 35.5. The molecule has 0 bridgehead atoms. The lowest BCUT2D eigenvalue weighted by Crippen LogP contribution is -2.49. The third-order valence-electron chi connectivity index (χ3n) is 5.54. The van der Waals surface area contributed by atoms with Gasteiger partial charge in [-0.1, -0.05) is 34.5 Å². The van der Waals surface area contributed by atoms with Gasteiger partial charge in [-0.15, -0.1) is 23.7 Å². The molecule has 0 saturated carbocycles. The van der Waals surface area contributed by atoms with Crippen LogP contribution in [0.1, 0.15) is 12.8 Å². The SMILES string of the molecule is COc1ccc(Cl)c2sc(N(CCN(C)C)C(=O)C3CCCN3S(=O)(=O)c3ccc(Cl)s3)nc12.Cl. The van der Waals surface area contributed by atoms with Crippen LogP contribution in [0.25, 0.3) is 10.2 Å². The van der Waals surface area contributed by atoms with E-state index in [-0.39, 0.29) is 29.1 Å². The fourth-order valence-corrected chi connectivity index (χ4v) is 8.38. The number of carbonyl (C=O) groups excluding carboxylic acids is 1. The average Bonchev–Trinajstić information content (AvgIpc) is 3.53. The molecular weight excluding hydrogens is 575 g/mol. The van der Waals surface area contributed by atoms with Crippen molar-refractivity contribution in [2.45, 2.75) is 23.1 Å². The highest BCUT2D eigenvalue weighted by Crippen LogP contribution is 2.40. The summed E-state index contributed by atoms with van der Waals surface area (Å²) in [4.78, 5) is 22.1. The van der Waals surface area contributed by atoms with Gasteiger partial charge < -0.3 is 9.64 Å². The Morgan fingerprint density at radius 3 is 2.57 bits per heavy atom. The van der Waals surface area contributed by atoms with Crippen LogP contribution in [0.4, 0.5) is 5.13 Å². The lowest BCUT2D eigenvalue weighted by atomic mass is 10.2. The van der Waals surface area contributed by atoms with Gasteiger partial charge in [0.05, 0.1) is 21.2 Å². The highest BCUT2D eigenvalue weighted by Gasteiger charge is 2.42. The van der Waals surface area contributed by atoms with Gasteiger partial charge in [0.15, 0.2) is 5.13 Å². The normalized spacial score (nSPS) is 16.6. The lowest BCUT2D eigenvalue weighted by Gasteiger charge is -2.29. The fraction of sp³-hybridized carbons (Fsp3) is 0.429. The van der Waals surface area contributed by atoms with E-state index in [1.807, 2.05) is 19.0 Å². The van der Waals surface area contributed by atoms with E-state index in [0.29, 0.717) is 56.4 Å². The summed E-state index contributed by atoms with van der Waals surface area (Å²) in [6.45, 7) is 1.20. The lowest BCUT2D eigenvalue weighted by molar-refractivity contribution is -0.121. The van der Waals surface area contributed by atoms with Crippen LogP contribution in [0.3, 0.4) is 0 Å². The smallest absolute Gasteiger partial charge is 0.253 e. The van der Waals surface area contributed by atoms with E-state index in [0.717, 1.165) is 11.3 Å². The van der Waals surface area contributed by atoms with Crippen LogP contribution in [-0.2, 0) is 14.8 Å². The molecule has 1 unspecified atom stereocenters. The Morgan fingerprint density at radius 1 is 1.20 bits per heavy atom. The Morgan fingerprint density at radius 2 is 1.94 bits per heavy atom. The summed E-state index contributed by atoms with van der Waals surface area (Å²) in [5, 5.41) is 0.968. The molecule has 0 N–H and O–H groups in total. The van der Waals surface area contributed by atoms with Crippen molar-refractivity contribution in [1.82, 2.24) is 14.2 Å². The number of anilines is 1. The minimum Gasteiger partial charge on any atom is -0.494 e. The first-order valence-electron chi connectivity index (χ1n) is 10.5. The van der Waals surface area contributed by atoms with E-state index in [4.69, 9.17) is 27.9 Å². The van der Waals surface area contributed by atoms with Crippen LogP contribution >= 0.6 is 58.3 Å². The molecule has 4 rings (SSSR count). The molecule has 14 heteroatoms. The van der Waals surface area contributed by atoms with Crippen molar-refractivity contribution in [2.75, 3.05) is 45.7 Å². The molecular formula is C21H25Cl3N4O4S3. The van der Waals surface area contributed by atoms with Gasteiger partial charge in [-0.25, -0.2) is 13.4 Å². The number of fused-ring (bicyclic) bond motifs is 1. The minimum atomic E-state index is -3.85. The summed E-state index contributed by atoms with van der Waals surface area (Å²) >= 11 is 14.7. The number of ether oxygens (including phenoxy) is 1. The van der Waals surface area contributed by atoms with Gasteiger partial charge in [-0.05, 0) is 51.2 Å². The van der Waals surface area contributed by atoms with Crippen molar-refractivity contribution in [3.63, 3.8) is 0 Å². The first kappa shape index (κ1) is 28.4. The van der Waals surface area contributed by atoms with Gasteiger partial charge in [0.25, 0.3) is 10.0 Å². The molecule has 1 saturated heterocycles. The number of thiophene rings is 1. The third-order valence-corrected chi connectivity index (χ3v) is 10.7. The number of carbonyl (C=O) groups is 1. The number of nitrogens with zero attached hydrogens (tertiary/aromatic N) is 4. The first-order chi connectivity index (χ1) is 16.1. The summed E-state index contributed by atoms with van der Waals surface area (Å²) in [7, 11) is 1.52. The number of benzene rings is 1. The van der Waals surface area contributed by atoms with Crippen molar-refractivity contribution >= 4 is 89.6 Å². The number of halogens is 3. The molecule has 3 heterocycles. The third kappa shape index (κ3) is 5.72. The number of amides is 1. The Kier molecular flexibility index (Phi) is 9.31. The van der Waals surface area contributed by atoms with E-state index in [2.05, 4.69) is 4.98 Å². The second kappa shape index (κ2) is 11.5. The van der Waals surface area contributed by atoms with Crippen LogP contribution < -0.4 is 9.64 Å². The Balaban J connectivity index is 0.00000342. The molecule has 1 aromatic carbocycles. The zero-order valence-corrected chi connectivity index (χ0v) is 24.0. The molecule has 3 aromatic rings.